The molecule has 0 fully saturated rings. The van der Waals surface area contributed by atoms with Crippen molar-refractivity contribution in [2.24, 2.45) is 0 Å². The fourth-order valence-corrected chi connectivity index (χ4v) is 2.32. The summed E-state index contributed by atoms with van der Waals surface area (Å²) in [5.74, 6) is -0.766. The van der Waals surface area contributed by atoms with E-state index in [1.165, 1.54) is 24.3 Å². The van der Waals surface area contributed by atoms with Crippen molar-refractivity contribution < 1.29 is 14.3 Å². The molecular formula is C13H13FN2O2S. The first-order valence-electron chi connectivity index (χ1n) is 5.73. The number of halogens is 1. The number of carbonyl (C=O) groups excluding carboxylic acids is 1. The molecule has 0 spiro atoms. The Balaban J connectivity index is 2.06. The molecule has 0 saturated heterocycles. The minimum atomic E-state index is -1.08. The van der Waals surface area contributed by atoms with Gasteiger partial charge in [-0.05, 0) is 18.6 Å². The van der Waals surface area contributed by atoms with Crippen molar-refractivity contribution in [1.29, 1.82) is 0 Å². The van der Waals surface area contributed by atoms with Gasteiger partial charge >= 0.3 is 0 Å². The summed E-state index contributed by atoms with van der Waals surface area (Å²) in [4.78, 5) is 16.1. The number of carbonyl (C=O) groups is 1. The van der Waals surface area contributed by atoms with Crippen molar-refractivity contribution >= 4 is 22.4 Å². The Morgan fingerprint density at radius 1 is 1.53 bits per heavy atom. The number of aliphatic hydroxyl groups is 1. The molecule has 1 aromatic carbocycles. The summed E-state index contributed by atoms with van der Waals surface area (Å²) in [7, 11) is 0. The van der Waals surface area contributed by atoms with Crippen molar-refractivity contribution in [3.8, 4) is 0 Å². The van der Waals surface area contributed by atoms with Gasteiger partial charge in [0, 0.05) is 17.5 Å². The van der Waals surface area contributed by atoms with Gasteiger partial charge in [0.1, 0.15) is 11.9 Å². The summed E-state index contributed by atoms with van der Waals surface area (Å²) < 4.78 is 13.5. The monoisotopic (exact) mass is 280 g/mol. The lowest BCUT2D eigenvalue weighted by molar-refractivity contribution is -0.123. The Hall–Kier alpha value is -1.79. The third-order valence-electron chi connectivity index (χ3n) is 2.49. The van der Waals surface area contributed by atoms with E-state index in [2.05, 4.69) is 10.3 Å². The molecule has 6 heteroatoms. The van der Waals surface area contributed by atoms with Gasteiger partial charge in [0.2, 0.25) is 0 Å². The van der Waals surface area contributed by atoms with Crippen LogP contribution in [0.3, 0.4) is 0 Å². The molecule has 100 valence electrons. The summed E-state index contributed by atoms with van der Waals surface area (Å²) in [6.07, 6.45) is 0.933. The maximum atomic E-state index is 13.5. The number of aliphatic hydroxyl groups excluding tert-OH is 1. The summed E-state index contributed by atoms with van der Waals surface area (Å²) in [6.45, 7) is 1.38. The van der Waals surface area contributed by atoms with Crippen LogP contribution < -0.4 is 5.32 Å². The highest BCUT2D eigenvalue weighted by molar-refractivity contribution is 7.15. The zero-order valence-corrected chi connectivity index (χ0v) is 11.1. The van der Waals surface area contributed by atoms with E-state index in [1.807, 2.05) is 0 Å². The highest BCUT2D eigenvalue weighted by Gasteiger charge is 2.12. The molecule has 2 rings (SSSR count). The van der Waals surface area contributed by atoms with Gasteiger partial charge < -0.3 is 5.11 Å². The normalized spacial score (nSPS) is 12.2. The minimum Gasteiger partial charge on any atom is -0.384 e. The maximum Gasteiger partial charge on any atom is 0.254 e. The van der Waals surface area contributed by atoms with E-state index in [0.29, 0.717) is 17.1 Å². The molecule has 2 aromatic rings. The number of hydrogen-bond acceptors (Lipinski definition) is 4. The van der Waals surface area contributed by atoms with Gasteiger partial charge in [-0.2, -0.15) is 0 Å². The van der Waals surface area contributed by atoms with Gasteiger partial charge in [0.05, 0.1) is 0 Å². The zero-order valence-electron chi connectivity index (χ0n) is 10.3. The topological polar surface area (TPSA) is 62.2 Å². The van der Waals surface area contributed by atoms with Crippen LogP contribution in [0.2, 0.25) is 0 Å². The molecule has 0 aliphatic carbocycles. The SMILES string of the molecule is CC(O)C(=O)Nc1ncc(Cc2ccccc2F)s1. The molecule has 1 heterocycles. The minimum absolute atomic E-state index is 0.259. The van der Waals surface area contributed by atoms with E-state index in [4.69, 9.17) is 5.11 Å². The van der Waals surface area contributed by atoms with Crippen LogP contribution in [0.1, 0.15) is 17.4 Å². The predicted molar refractivity (Wildman–Crippen MR) is 71.6 cm³/mol. The Labute approximate surface area is 113 Å². The second-order valence-corrected chi connectivity index (χ2v) is 5.18. The number of thiazole rings is 1. The molecule has 4 nitrogen and oxygen atoms in total. The molecular weight excluding hydrogens is 267 g/mol. The molecule has 2 N–H and O–H groups in total. The lowest BCUT2D eigenvalue weighted by Crippen LogP contribution is -2.24. The number of anilines is 1. The van der Waals surface area contributed by atoms with E-state index in [1.54, 1.807) is 24.4 Å². The van der Waals surface area contributed by atoms with E-state index in [0.717, 1.165) is 4.88 Å². The molecule has 0 aliphatic rings. The van der Waals surface area contributed by atoms with Gasteiger partial charge in [-0.15, -0.1) is 11.3 Å². The van der Waals surface area contributed by atoms with E-state index < -0.39 is 12.0 Å². The van der Waals surface area contributed by atoms with E-state index in [9.17, 15) is 9.18 Å². The molecule has 0 aliphatic heterocycles. The first kappa shape index (κ1) is 13.6. The number of benzene rings is 1. The number of amides is 1. The maximum absolute atomic E-state index is 13.5. The van der Waals surface area contributed by atoms with Gasteiger partial charge in [-0.1, -0.05) is 18.2 Å². The zero-order chi connectivity index (χ0) is 13.8. The lowest BCUT2D eigenvalue weighted by Gasteiger charge is -2.02. The summed E-state index contributed by atoms with van der Waals surface area (Å²) in [5, 5.41) is 12.0. The molecule has 0 radical (unpaired) electrons. The summed E-state index contributed by atoms with van der Waals surface area (Å²) >= 11 is 1.26. The van der Waals surface area contributed by atoms with Gasteiger partial charge in [-0.25, -0.2) is 9.37 Å². The van der Waals surface area contributed by atoms with E-state index in [-0.39, 0.29) is 5.82 Å². The number of rotatable bonds is 4. The van der Waals surface area contributed by atoms with Crippen molar-refractivity contribution in [2.75, 3.05) is 5.32 Å². The standard InChI is InChI=1S/C13H13FN2O2S/c1-8(17)12(18)16-13-15-7-10(19-13)6-9-4-2-3-5-11(9)14/h2-5,7-8,17H,6H2,1H3,(H,15,16,18). The fourth-order valence-electron chi connectivity index (χ4n) is 1.49. The number of hydrogen-bond donors (Lipinski definition) is 2. The second-order valence-electron chi connectivity index (χ2n) is 4.07. The average molecular weight is 280 g/mol. The van der Waals surface area contributed by atoms with Crippen LogP contribution in [-0.4, -0.2) is 22.1 Å². The Morgan fingerprint density at radius 2 is 2.26 bits per heavy atom. The third-order valence-corrected chi connectivity index (χ3v) is 3.40. The first-order valence-corrected chi connectivity index (χ1v) is 6.55. The smallest absolute Gasteiger partial charge is 0.254 e. The summed E-state index contributed by atoms with van der Waals surface area (Å²) in [6, 6.07) is 6.53. The van der Waals surface area contributed by atoms with Crippen molar-refractivity contribution in [1.82, 2.24) is 4.98 Å². The first-order chi connectivity index (χ1) is 9.06. The van der Waals surface area contributed by atoms with Crippen LogP contribution in [0.4, 0.5) is 9.52 Å². The van der Waals surface area contributed by atoms with Gasteiger partial charge in [0.25, 0.3) is 5.91 Å². The van der Waals surface area contributed by atoms with Crippen LogP contribution in [0.15, 0.2) is 30.5 Å². The molecule has 1 amide bonds. The number of nitrogens with zero attached hydrogens (tertiary/aromatic N) is 1. The predicted octanol–water partition coefficient (Wildman–Crippen LogP) is 2.19. The van der Waals surface area contributed by atoms with Crippen molar-refractivity contribution in [3.05, 3.63) is 46.7 Å². The van der Waals surface area contributed by atoms with Crippen LogP contribution in [0.25, 0.3) is 0 Å². The molecule has 0 saturated carbocycles. The lowest BCUT2D eigenvalue weighted by atomic mass is 10.1. The Bertz CT molecular complexity index is 584. The molecule has 0 bridgehead atoms. The highest BCUT2D eigenvalue weighted by atomic mass is 32.1. The van der Waals surface area contributed by atoms with Crippen molar-refractivity contribution in [3.63, 3.8) is 0 Å². The molecule has 1 unspecified atom stereocenters. The van der Waals surface area contributed by atoms with Crippen LogP contribution >= 0.6 is 11.3 Å². The molecule has 1 aromatic heterocycles. The highest BCUT2D eigenvalue weighted by Crippen LogP contribution is 2.22. The summed E-state index contributed by atoms with van der Waals surface area (Å²) in [5.41, 5.74) is 0.583. The molecule has 19 heavy (non-hydrogen) atoms. The van der Waals surface area contributed by atoms with Crippen molar-refractivity contribution in [2.45, 2.75) is 19.4 Å². The van der Waals surface area contributed by atoms with Crippen LogP contribution in [0.5, 0.6) is 0 Å². The van der Waals surface area contributed by atoms with Gasteiger partial charge in [-0.3, -0.25) is 10.1 Å². The Kier molecular flexibility index (Phi) is 4.24. The Morgan fingerprint density at radius 3 is 2.95 bits per heavy atom. The number of nitrogens with one attached hydrogen (secondary N) is 1. The quantitative estimate of drug-likeness (QED) is 0.902. The second kappa shape index (κ2) is 5.90. The van der Waals surface area contributed by atoms with Crippen LogP contribution in [-0.2, 0) is 11.2 Å². The average Bonchev–Trinajstić information content (AvgIpc) is 2.79. The largest absolute Gasteiger partial charge is 0.384 e. The van der Waals surface area contributed by atoms with E-state index >= 15 is 0 Å². The molecule has 1 atom stereocenters. The van der Waals surface area contributed by atoms with Gasteiger partial charge in [0.15, 0.2) is 5.13 Å². The third kappa shape index (κ3) is 3.59. The fraction of sp³-hybridized carbons (Fsp3) is 0.231. The van der Waals surface area contributed by atoms with Crippen LogP contribution in [0, 0.1) is 5.82 Å². The number of aromatic nitrogens is 1.